The molecule has 100 valence electrons. The van der Waals surface area contributed by atoms with Gasteiger partial charge in [-0.2, -0.15) is 15.0 Å². The Morgan fingerprint density at radius 3 is 2.61 bits per heavy atom. The van der Waals surface area contributed by atoms with E-state index in [2.05, 4.69) is 19.9 Å². The maximum atomic E-state index is 5.83. The molecule has 0 aliphatic carbocycles. The fourth-order valence-corrected chi connectivity index (χ4v) is 2.16. The Kier molecular flexibility index (Phi) is 4.54. The molecule has 1 aliphatic rings. The van der Waals surface area contributed by atoms with Crippen molar-refractivity contribution in [3.63, 3.8) is 0 Å². The van der Waals surface area contributed by atoms with Crippen molar-refractivity contribution in [2.75, 3.05) is 31.7 Å². The number of nitrogens with zero attached hydrogens (tertiary/aromatic N) is 4. The summed E-state index contributed by atoms with van der Waals surface area (Å²) >= 11 is 5.83. The quantitative estimate of drug-likeness (QED) is 0.829. The molecule has 0 spiro atoms. The number of anilines is 1. The SMILES string of the molecule is CCOC1CCN(c2nc(Cl)nc(OC)n2)CC1. The predicted octanol–water partition coefficient (Wildman–Crippen LogP) is 1.54. The Hall–Kier alpha value is -1.14. The zero-order chi connectivity index (χ0) is 13.0. The molecule has 0 unspecified atom stereocenters. The third-order valence-electron chi connectivity index (χ3n) is 2.89. The second-order valence-electron chi connectivity index (χ2n) is 4.03. The number of rotatable bonds is 4. The van der Waals surface area contributed by atoms with Crippen LogP contribution in [0.25, 0.3) is 0 Å². The molecular formula is C11H17ClN4O2. The van der Waals surface area contributed by atoms with Crippen LogP contribution in [-0.4, -0.2) is 47.9 Å². The van der Waals surface area contributed by atoms with Crippen LogP contribution in [0, 0.1) is 0 Å². The molecular weight excluding hydrogens is 256 g/mol. The summed E-state index contributed by atoms with van der Waals surface area (Å²) in [6, 6.07) is 0.247. The average Bonchev–Trinajstić information content (AvgIpc) is 2.39. The number of hydrogen-bond donors (Lipinski definition) is 0. The van der Waals surface area contributed by atoms with E-state index in [1.54, 1.807) is 0 Å². The van der Waals surface area contributed by atoms with E-state index in [-0.39, 0.29) is 11.3 Å². The Morgan fingerprint density at radius 2 is 2.00 bits per heavy atom. The van der Waals surface area contributed by atoms with E-state index in [4.69, 9.17) is 21.1 Å². The number of piperidine rings is 1. The topological polar surface area (TPSA) is 60.4 Å². The zero-order valence-corrected chi connectivity index (χ0v) is 11.4. The van der Waals surface area contributed by atoms with Gasteiger partial charge in [-0.3, -0.25) is 0 Å². The van der Waals surface area contributed by atoms with Gasteiger partial charge in [-0.05, 0) is 31.4 Å². The van der Waals surface area contributed by atoms with Crippen molar-refractivity contribution in [2.45, 2.75) is 25.9 Å². The molecule has 2 rings (SSSR count). The van der Waals surface area contributed by atoms with E-state index >= 15 is 0 Å². The summed E-state index contributed by atoms with van der Waals surface area (Å²) in [6.07, 6.45) is 2.28. The lowest BCUT2D eigenvalue weighted by molar-refractivity contribution is 0.0457. The average molecular weight is 273 g/mol. The van der Waals surface area contributed by atoms with Crippen LogP contribution in [0.3, 0.4) is 0 Å². The van der Waals surface area contributed by atoms with Gasteiger partial charge in [-0.15, -0.1) is 0 Å². The lowest BCUT2D eigenvalue weighted by atomic mass is 10.1. The smallest absolute Gasteiger partial charge is 0.322 e. The summed E-state index contributed by atoms with van der Waals surface area (Å²) < 4.78 is 10.6. The van der Waals surface area contributed by atoms with Crippen LogP contribution >= 0.6 is 11.6 Å². The molecule has 2 heterocycles. The number of aromatic nitrogens is 3. The molecule has 0 saturated carbocycles. The predicted molar refractivity (Wildman–Crippen MR) is 68.3 cm³/mol. The molecule has 6 nitrogen and oxygen atoms in total. The Morgan fingerprint density at radius 1 is 1.28 bits per heavy atom. The molecule has 0 amide bonds. The van der Waals surface area contributed by atoms with Gasteiger partial charge in [0.2, 0.25) is 11.2 Å². The first-order valence-corrected chi connectivity index (χ1v) is 6.43. The second-order valence-corrected chi connectivity index (χ2v) is 4.37. The van der Waals surface area contributed by atoms with Crippen molar-refractivity contribution < 1.29 is 9.47 Å². The summed E-state index contributed by atoms with van der Waals surface area (Å²) in [4.78, 5) is 14.3. The van der Waals surface area contributed by atoms with Crippen LogP contribution < -0.4 is 9.64 Å². The summed E-state index contributed by atoms with van der Waals surface area (Å²) in [5, 5.41) is 0.156. The van der Waals surface area contributed by atoms with Crippen LogP contribution in [0.5, 0.6) is 6.01 Å². The first-order valence-electron chi connectivity index (χ1n) is 6.05. The van der Waals surface area contributed by atoms with Gasteiger partial charge in [0, 0.05) is 19.7 Å². The standard InChI is InChI=1S/C11H17ClN4O2/c1-3-18-8-4-6-16(7-5-8)10-13-9(12)14-11(15-10)17-2/h8H,3-7H2,1-2H3. The van der Waals surface area contributed by atoms with Gasteiger partial charge in [0.1, 0.15) is 0 Å². The van der Waals surface area contributed by atoms with Gasteiger partial charge < -0.3 is 14.4 Å². The Balaban J connectivity index is 2.02. The van der Waals surface area contributed by atoms with E-state index in [9.17, 15) is 0 Å². The van der Waals surface area contributed by atoms with E-state index in [0.29, 0.717) is 12.1 Å². The summed E-state index contributed by atoms with van der Waals surface area (Å²) in [6.45, 7) is 4.49. The molecule has 1 saturated heterocycles. The zero-order valence-electron chi connectivity index (χ0n) is 10.6. The molecule has 0 radical (unpaired) electrons. The van der Waals surface area contributed by atoms with Crippen LogP contribution in [0.1, 0.15) is 19.8 Å². The third kappa shape index (κ3) is 3.20. The second kappa shape index (κ2) is 6.15. The monoisotopic (exact) mass is 272 g/mol. The molecule has 7 heteroatoms. The van der Waals surface area contributed by atoms with E-state index in [1.165, 1.54) is 7.11 Å². The van der Waals surface area contributed by atoms with Crippen molar-refractivity contribution in [3.8, 4) is 6.01 Å². The van der Waals surface area contributed by atoms with Crippen LogP contribution in [-0.2, 0) is 4.74 Å². The number of ether oxygens (including phenoxy) is 2. The van der Waals surface area contributed by atoms with Crippen molar-refractivity contribution in [1.82, 2.24) is 15.0 Å². The van der Waals surface area contributed by atoms with Crippen molar-refractivity contribution in [2.24, 2.45) is 0 Å². The normalized spacial score (nSPS) is 16.9. The fraction of sp³-hybridized carbons (Fsp3) is 0.727. The fourth-order valence-electron chi connectivity index (χ4n) is 2.01. The molecule has 0 atom stereocenters. The summed E-state index contributed by atoms with van der Waals surface area (Å²) in [5.41, 5.74) is 0. The molecule has 1 aromatic heterocycles. The molecule has 18 heavy (non-hydrogen) atoms. The third-order valence-corrected chi connectivity index (χ3v) is 3.05. The first-order chi connectivity index (χ1) is 8.72. The van der Waals surface area contributed by atoms with Crippen molar-refractivity contribution >= 4 is 17.5 Å². The maximum Gasteiger partial charge on any atom is 0.322 e. The Bertz CT molecular complexity index is 397. The van der Waals surface area contributed by atoms with Crippen LogP contribution in [0.2, 0.25) is 5.28 Å². The molecule has 0 bridgehead atoms. The minimum atomic E-state index is 0.156. The highest BCUT2D eigenvalue weighted by Crippen LogP contribution is 2.20. The molecule has 1 fully saturated rings. The molecule has 0 aromatic carbocycles. The van der Waals surface area contributed by atoms with Crippen LogP contribution in [0.15, 0.2) is 0 Å². The first kappa shape index (κ1) is 13.3. The van der Waals surface area contributed by atoms with Gasteiger partial charge in [0.05, 0.1) is 13.2 Å². The van der Waals surface area contributed by atoms with Crippen LogP contribution in [0.4, 0.5) is 5.95 Å². The molecule has 0 N–H and O–H groups in total. The molecule has 1 aliphatic heterocycles. The number of halogens is 1. The maximum absolute atomic E-state index is 5.83. The van der Waals surface area contributed by atoms with Gasteiger partial charge in [0.25, 0.3) is 0 Å². The Labute approximate surface area is 111 Å². The van der Waals surface area contributed by atoms with E-state index in [0.717, 1.165) is 32.5 Å². The minimum Gasteiger partial charge on any atom is -0.467 e. The summed E-state index contributed by atoms with van der Waals surface area (Å²) in [7, 11) is 1.51. The van der Waals surface area contributed by atoms with Gasteiger partial charge in [-0.1, -0.05) is 0 Å². The number of methoxy groups -OCH3 is 1. The van der Waals surface area contributed by atoms with Crippen molar-refractivity contribution in [1.29, 1.82) is 0 Å². The van der Waals surface area contributed by atoms with Gasteiger partial charge >= 0.3 is 6.01 Å². The highest BCUT2D eigenvalue weighted by molar-refractivity contribution is 6.28. The highest BCUT2D eigenvalue weighted by Gasteiger charge is 2.22. The van der Waals surface area contributed by atoms with E-state index < -0.39 is 0 Å². The van der Waals surface area contributed by atoms with Gasteiger partial charge in [0.15, 0.2) is 0 Å². The lowest BCUT2D eigenvalue weighted by Crippen LogP contribution is -2.38. The van der Waals surface area contributed by atoms with Crippen molar-refractivity contribution in [3.05, 3.63) is 5.28 Å². The van der Waals surface area contributed by atoms with E-state index in [1.807, 2.05) is 6.92 Å². The highest BCUT2D eigenvalue weighted by atomic mass is 35.5. The number of hydrogen-bond acceptors (Lipinski definition) is 6. The largest absolute Gasteiger partial charge is 0.467 e. The minimum absolute atomic E-state index is 0.156. The summed E-state index contributed by atoms with van der Waals surface area (Å²) in [5.74, 6) is 0.571. The lowest BCUT2D eigenvalue weighted by Gasteiger charge is -2.31. The molecule has 1 aromatic rings. The van der Waals surface area contributed by atoms with Gasteiger partial charge in [-0.25, -0.2) is 0 Å².